The van der Waals surface area contributed by atoms with Gasteiger partial charge in [0.25, 0.3) is 0 Å². The molecule has 2 rings (SSSR count). The van der Waals surface area contributed by atoms with E-state index in [4.69, 9.17) is 0 Å². The van der Waals surface area contributed by atoms with Crippen molar-refractivity contribution in [3.05, 3.63) is 41.1 Å². The first kappa shape index (κ1) is 8.24. The van der Waals surface area contributed by atoms with Crippen LogP contribution in [-0.4, -0.2) is 4.98 Å². The molecule has 0 saturated carbocycles. The zero-order valence-electron chi connectivity index (χ0n) is 8.26. The summed E-state index contributed by atoms with van der Waals surface area (Å²) in [7, 11) is 0. The van der Waals surface area contributed by atoms with Gasteiger partial charge < -0.3 is 0 Å². The molecule has 1 heteroatoms. The van der Waals surface area contributed by atoms with Crippen LogP contribution in [0.25, 0.3) is 10.9 Å². The molecule has 0 atom stereocenters. The fourth-order valence-electron chi connectivity index (χ4n) is 1.56. The molecule has 0 bridgehead atoms. The van der Waals surface area contributed by atoms with E-state index in [1.165, 1.54) is 22.1 Å². The lowest BCUT2D eigenvalue weighted by Gasteiger charge is -2.04. The van der Waals surface area contributed by atoms with E-state index in [0.29, 0.717) is 0 Å². The Balaban J connectivity index is 2.87. The van der Waals surface area contributed by atoms with Crippen LogP contribution in [0.5, 0.6) is 0 Å². The zero-order chi connectivity index (χ0) is 9.42. The summed E-state index contributed by atoms with van der Waals surface area (Å²) in [4.78, 5) is 4.44. The lowest BCUT2D eigenvalue weighted by molar-refractivity contribution is 1.28. The van der Waals surface area contributed by atoms with Crippen molar-refractivity contribution in [1.29, 1.82) is 0 Å². The number of hydrogen-bond donors (Lipinski definition) is 0. The number of fused-ring (bicyclic) bond motifs is 1. The first-order valence-electron chi connectivity index (χ1n) is 4.51. The topological polar surface area (TPSA) is 12.9 Å². The molecule has 0 N–H and O–H groups in total. The average molecular weight is 171 g/mol. The summed E-state index contributed by atoms with van der Waals surface area (Å²) in [6, 6.07) is 6.46. The first-order chi connectivity index (χ1) is 6.18. The Kier molecular flexibility index (Phi) is 1.80. The fraction of sp³-hybridized carbons (Fsp3) is 0.250. The molecule has 1 nitrogen and oxygen atoms in total. The second-order valence-electron chi connectivity index (χ2n) is 3.59. The van der Waals surface area contributed by atoms with Gasteiger partial charge in [0.05, 0.1) is 5.52 Å². The molecule has 0 aliphatic rings. The van der Waals surface area contributed by atoms with Crippen LogP contribution in [0, 0.1) is 20.8 Å². The highest BCUT2D eigenvalue weighted by atomic mass is 14.7. The Morgan fingerprint density at radius 1 is 1.08 bits per heavy atom. The smallest absolute Gasteiger partial charge is 0.0733 e. The van der Waals surface area contributed by atoms with Gasteiger partial charge in [-0.3, -0.25) is 4.98 Å². The van der Waals surface area contributed by atoms with Crippen LogP contribution in [0.3, 0.4) is 0 Å². The van der Waals surface area contributed by atoms with Gasteiger partial charge in [0, 0.05) is 11.6 Å². The fourth-order valence-corrected chi connectivity index (χ4v) is 1.56. The Hall–Kier alpha value is -1.37. The van der Waals surface area contributed by atoms with E-state index < -0.39 is 0 Å². The second-order valence-corrected chi connectivity index (χ2v) is 3.59. The van der Waals surface area contributed by atoms with Gasteiger partial charge in [-0.15, -0.1) is 0 Å². The summed E-state index contributed by atoms with van der Waals surface area (Å²) in [6.07, 6.45) is 1.93. The monoisotopic (exact) mass is 171 g/mol. The maximum Gasteiger partial charge on any atom is 0.0733 e. The molecule has 0 radical (unpaired) electrons. The molecule has 2 aromatic rings. The van der Waals surface area contributed by atoms with Crippen LogP contribution in [-0.2, 0) is 0 Å². The summed E-state index contributed by atoms with van der Waals surface area (Å²) in [5, 5.41) is 1.24. The number of aromatic nitrogens is 1. The molecule has 0 unspecified atom stereocenters. The Labute approximate surface area is 78.4 Å². The SMILES string of the molecule is Cc1cnc2c(C)c(C)ccc2c1. The number of pyridine rings is 1. The van der Waals surface area contributed by atoms with Crippen molar-refractivity contribution in [3.8, 4) is 0 Å². The normalized spacial score (nSPS) is 10.7. The standard InChI is InChI=1S/C12H13N/c1-8-6-11-5-4-9(2)10(3)12(11)13-7-8/h4-7H,1-3H3. The highest BCUT2D eigenvalue weighted by Crippen LogP contribution is 2.19. The zero-order valence-corrected chi connectivity index (χ0v) is 8.26. The van der Waals surface area contributed by atoms with Gasteiger partial charge in [-0.25, -0.2) is 0 Å². The minimum Gasteiger partial charge on any atom is -0.256 e. The molecule has 0 spiro atoms. The van der Waals surface area contributed by atoms with E-state index in [2.05, 4.69) is 44.0 Å². The highest BCUT2D eigenvalue weighted by Gasteiger charge is 2.00. The van der Waals surface area contributed by atoms with Crippen molar-refractivity contribution < 1.29 is 0 Å². The van der Waals surface area contributed by atoms with Crippen molar-refractivity contribution >= 4 is 10.9 Å². The van der Waals surface area contributed by atoms with Gasteiger partial charge in [0.15, 0.2) is 0 Å². The van der Waals surface area contributed by atoms with Crippen LogP contribution < -0.4 is 0 Å². The van der Waals surface area contributed by atoms with E-state index in [9.17, 15) is 0 Å². The molecule has 1 aromatic heterocycles. The third-order valence-corrected chi connectivity index (χ3v) is 2.51. The Morgan fingerprint density at radius 2 is 1.85 bits per heavy atom. The van der Waals surface area contributed by atoms with Crippen LogP contribution in [0.2, 0.25) is 0 Å². The molecule has 1 aromatic carbocycles. The molecular weight excluding hydrogens is 158 g/mol. The van der Waals surface area contributed by atoms with Crippen LogP contribution in [0.1, 0.15) is 16.7 Å². The molecule has 0 saturated heterocycles. The number of rotatable bonds is 0. The van der Waals surface area contributed by atoms with Crippen molar-refractivity contribution in [2.45, 2.75) is 20.8 Å². The van der Waals surface area contributed by atoms with E-state index >= 15 is 0 Å². The number of hydrogen-bond acceptors (Lipinski definition) is 1. The minimum atomic E-state index is 1.13. The summed E-state index contributed by atoms with van der Waals surface area (Å²) < 4.78 is 0. The lowest BCUT2D eigenvalue weighted by atomic mass is 10.0. The summed E-state index contributed by atoms with van der Waals surface area (Å²) in [5.41, 5.74) is 4.95. The maximum absolute atomic E-state index is 4.44. The molecule has 66 valence electrons. The van der Waals surface area contributed by atoms with Crippen molar-refractivity contribution in [2.24, 2.45) is 0 Å². The molecule has 1 heterocycles. The number of aryl methyl sites for hydroxylation is 3. The number of benzene rings is 1. The predicted octanol–water partition coefficient (Wildman–Crippen LogP) is 3.16. The van der Waals surface area contributed by atoms with Crippen molar-refractivity contribution in [1.82, 2.24) is 4.98 Å². The van der Waals surface area contributed by atoms with Gasteiger partial charge in [0.1, 0.15) is 0 Å². The van der Waals surface area contributed by atoms with Gasteiger partial charge in [-0.05, 0) is 43.5 Å². The van der Waals surface area contributed by atoms with Gasteiger partial charge in [0.2, 0.25) is 0 Å². The second kappa shape index (κ2) is 2.84. The first-order valence-corrected chi connectivity index (χ1v) is 4.51. The lowest BCUT2D eigenvalue weighted by Crippen LogP contribution is -1.87. The predicted molar refractivity (Wildman–Crippen MR) is 56.0 cm³/mol. The van der Waals surface area contributed by atoms with E-state index in [-0.39, 0.29) is 0 Å². The largest absolute Gasteiger partial charge is 0.256 e. The average Bonchev–Trinajstić information content (AvgIpc) is 2.12. The van der Waals surface area contributed by atoms with Crippen molar-refractivity contribution in [3.63, 3.8) is 0 Å². The number of nitrogens with zero attached hydrogens (tertiary/aromatic N) is 1. The molecular formula is C12H13N. The minimum absolute atomic E-state index is 1.13. The van der Waals surface area contributed by atoms with Crippen LogP contribution in [0.15, 0.2) is 24.4 Å². The van der Waals surface area contributed by atoms with Gasteiger partial charge in [-0.2, -0.15) is 0 Å². The summed E-state index contributed by atoms with van der Waals surface area (Å²) in [5.74, 6) is 0. The molecule has 0 aliphatic carbocycles. The van der Waals surface area contributed by atoms with Gasteiger partial charge in [-0.1, -0.05) is 12.1 Å². The maximum atomic E-state index is 4.44. The van der Waals surface area contributed by atoms with Crippen LogP contribution >= 0.6 is 0 Å². The third kappa shape index (κ3) is 1.31. The Bertz CT molecular complexity index is 458. The molecule has 0 aliphatic heterocycles. The van der Waals surface area contributed by atoms with Crippen LogP contribution in [0.4, 0.5) is 0 Å². The van der Waals surface area contributed by atoms with E-state index in [1.807, 2.05) is 6.20 Å². The van der Waals surface area contributed by atoms with Gasteiger partial charge >= 0.3 is 0 Å². The molecule has 0 amide bonds. The van der Waals surface area contributed by atoms with E-state index in [1.54, 1.807) is 0 Å². The molecule has 13 heavy (non-hydrogen) atoms. The highest BCUT2D eigenvalue weighted by molar-refractivity contribution is 5.83. The Morgan fingerprint density at radius 3 is 2.62 bits per heavy atom. The third-order valence-electron chi connectivity index (χ3n) is 2.51. The summed E-state index contributed by atoms with van der Waals surface area (Å²) >= 11 is 0. The van der Waals surface area contributed by atoms with E-state index in [0.717, 1.165) is 5.52 Å². The van der Waals surface area contributed by atoms with Crippen molar-refractivity contribution in [2.75, 3.05) is 0 Å². The molecule has 0 fully saturated rings. The quantitative estimate of drug-likeness (QED) is 0.593. The summed E-state index contributed by atoms with van der Waals surface area (Å²) in [6.45, 7) is 6.32.